The van der Waals surface area contributed by atoms with Crippen molar-refractivity contribution in [3.63, 3.8) is 0 Å². The van der Waals surface area contributed by atoms with Crippen LogP contribution in [0.1, 0.15) is 67.4 Å². The molecule has 7 nitrogen and oxygen atoms in total. The molecule has 0 bridgehead atoms. The van der Waals surface area contributed by atoms with Crippen LogP contribution in [0.4, 0.5) is 5.13 Å². The van der Waals surface area contributed by atoms with Gasteiger partial charge in [0.05, 0.1) is 6.10 Å². The molecule has 1 aromatic carbocycles. The average molecular weight is 505 g/mol. The number of anilines is 1. The number of nitrogens with one attached hydrogen (secondary N) is 1. The van der Waals surface area contributed by atoms with E-state index in [0.29, 0.717) is 36.2 Å². The summed E-state index contributed by atoms with van der Waals surface area (Å²) in [5.41, 5.74) is 2.57. The Kier molecular flexibility index (Phi) is 6.49. The van der Waals surface area contributed by atoms with Crippen molar-refractivity contribution in [2.45, 2.75) is 70.8 Å². The molecule has 0 saturated heterocycles. The minimum Gasteiger partial charge on any atom is -0.303 e. The van der Waals surface area contributed by atoms with Gasteiger partial charge in [-0.1, -0.05) is 31.2 Å². The third-order valence-electron chi connectivity index (χ3n) is 8.57. The Balaban J connectivity index is 1.38. The molecule has 3 aliphatic carbocycles. The second-order valence-corrected chi connectivity index (χ2v) is 12.9. The number of thiazole rings is 1. The normalized spacial score (nSPS) is 32.5. The summed E-state index contributed by atoms with van der Waals surface area (Å²) in [6.07, 6.45) is 6.87. The van der Waals surface area contributed by atoms with Gasteiger partial charge in [0.1, 0.15) is 0 Å². The maximum absolute atomic E-state index is 12.7. The van der Waals surface area contributed by atoms with Crippen LogP contribution in [0.25, 0.3) is 0 Å². The topological polar surface area (TPSA) is 109 Å². The van der Waals surface area contributed by atoms with Crippen molar-refractivity contribution in [3.8, 4) is 0 Å². The standard InChI is InChI=1S/C25H33N2O5PS/c1-15-14-26-24(34-15)27-22(28)10-8-17-13-21(32-33(29,30)31)25(2)12-11-19-18-6-4-3-5-16(18)7-9-20(19)23(17)25/h3-6,14,17,19-21,23H,7-13H2,1-2H3,(H,26,27,28)(H2,29,30,31)/t17-,19?,20?,21+,23?,25-/m1/s1. The summed E-state index contributed by atoms with van der Waals surface area (Å²) in [6, 6.07) is 8.71. The third kappa shape index (κ3) is 4.63. The van der Waals surface area contributed by atoms with Crippen LogP contribution in [0, 0.1) is 30.1 Å². The van der Waals surface area contributed by atoms with E-state index in [1.807, 2.05) is 6.92 Å². The van der Waals surface area contributed by atoms with Gasteiger partial charge in [0.2, 0.25) is 5.91 Å². The predicted octanol–water partition coefficient (Wildman–Crippen LogP) is 5.43. The molecule has 1 amide bonds. The van der Waals surface area contributed by atoms with E-state index in [1.165, 1.54) is 22.5 Å². The minimum atomic E-state index is -4.60. The molecule has 6 atom stereocenters. The number of phosphoric ester groups is 1. The molecule has 9 heteroatoms. The molecule has 2 fully saturated rings. The number of fused-ring (bicyclic) bond motifs is 5. The molecule has 0 spiro atoms. The first-order valence-corrected chi connectivity index (χ1v) is 14.5. The lowest BCUT2D eigenvalue weighted by Gasteiger charge is -2.51. The van der Waals surface area contributed by atoms with Crippen LogP contribution in [0.2, 0.25) is 0 Å². The molecule has 1 heterocycles. The Morgan fingerprint density at radius 3 is 2.85 bits per heavy atom. The maximum Gasteiger partial charge on any atom is 0.469 e. The molecular formula is C25H33N2O5PS. The van der Waals surface area contributed by atoms with E-state index in [-0.39, 0.29) is 23.2 Å². The highest BCUT2D eigenvalue weighted by Crippen LogP contribution is 2.65. The molecule has 0 aliphatic heterocycles. The van der Waals surface area contributed by atoms with Gasteiger partial charge in [0.15, 0.2) is 5.13 Å². The first-order valence-electron chi connectivity index (χ1n) is 12.2. The summed E-state index contributed by atoms with van der Waals surface area (Å²) in [7, 11) is -4.60. The molecule has 1 aromatic heterocycles. The van der Waals surface area contributed by atoms with Crippen molar-refractivity contribution in [1.29, 1.82) is 0 Å². The summed E-state index contributed by atoms with van der Waals surface area (Å²) in [5, 5.41) is 3.51. The zero-order valence-corrected chi connectivity index (χ0v) is 21.4. The van der Waals surface area contributed by atoms with Crippen molar-refractivity contribution in [2.75, 3.05) is 5.32 Å². The molecule has 3 unspecified atom stereocenters. The van der Waals surface area contributed by atoms with Gasteiger partial charge >= 0.3 is 7.82 Å². The number of amides is 1. The van der Waals surface area contributed by atoms with Gasteiger partial charge in [0, 0.05) is 17.5 Å². The number of phosphoric acid groups is 1. The number of hydrogen-bond donors (Lipinski definition) is 3. The van der Waals surface area contributed by atoms with Gasteiger partial charge in [-0.3, -0.25) is 9.32 Å². The smallest absolute Gasteiger partial charge is 0.303 e. The van der Waals surface area contributed by atoms with E-state index < -0.39 is 13.9 Å². The van der Waals surface area contributed by atoms with Crippen LogP contribution in [-0.4, -0.2) is 26.8 Å². The zero-order chi connectivity index (χ0) is 24.1. The molecule has 5 rings (SSSR count). The van der Waals surface area contributed by atoms with Crippen LogP contribution in [0.3, 0.4) is 0 Å². The summed E-state index contributed by atoms with van der Waals surface area (Å²) >= 11 is 1.46. The first kappa shape index (κ1) is 24.1. The van der Waals surface area contributed by atoms with Gasteiger partial charge in [-0.25, -0.2) is 9.55 Å². The Hall–Kier alpha value is -1.57. The van der Waals surface area contributed by atoms with Gasteiger partial charge < -0.3 is 15.1 Å². The molecule has 0 radical (unpaired) electrons. The summed E-state index contributed by atoms with van der Waals surface area (Å²) in [6.45, 7) is 4.11. The number of nitrogens with zero attached hydrogens (tertiary/aromatic N) is 1. The highest BCUT2D eigenvalue weighted by molar-refractivity contribution is 7.46. The summed E-state index contributed by atoms with van der Waals surface area (Å²) in [5.74, 6) is 1.30. The lowest BCUT2D eigenvalue weighted by Crippen LogP contribution is -2.45. The van der Waals surface area contributed by atoms with Crippen LogP contribution >= 0.6 is 19.2 Å². The molecule has 34 heavy (non-hydrogen) atoms. The molecule has 3 aliphatic rings. The number of benzene rings is 1. The number of aromatic nitrogens is 1. The van der Waals surface area contributed by atoms with Gasteiger partial charge in [-0.2, -0.15) is 0 Å². The second kappa shape index (κ2) is 9.14. The first-order chi connectivity index (χ1) is 16.1. The van der Waals surface area contributed by atoms with E-state index in [1.54, 1.807) is 6.20 Å². The molecule has 2 saturated carbocycles. The Morgan fingerprint density at radius 1 is 1.32 bits per heavy atom. The van der Waals surface area contributed by atoms with Crippen LogP contribution in [0.5, 0.6) is 0 Å². The highest BCUT2D eigenvalue weighted by atomic mass is 32.1. The van der Waals surface area contributed by atoms with E-state index in [0.717, 1.165) is 30.6 Å². The molecule has 184 valence electrons. The van der Waals surface area contributed by atoms with E-state index >= 15 is 0 Å². The Morgan fingerprint density at radius 2 is 2.12 bits per heavy atom. The number of rotatable bonds is 6. The minimum absolute atomic E-state index is 0.0586. The summed E-state index contributed by atoms with van der Waals surface area (Å²) in [4.78, 5) is 37.2. The van der Waals surface area contributed by atoms with Gasteiger partial charge in [-0.15, -0.1) is 11.3 Å². The average Bonchev–Trinajstić information content (AvgIpc) is 3.31. The Bertz CT molecular complexity index is 1120. The number of carbonyl (C=O) groups is 1. The second-order valence-electron chi connectivity index (χ2n) is 10.5. The van der Waals surface area contributed by atoms with Crippen LogP contribution in [-0.2, 0) is 20.3 Å². The summed E-state index contributed by atoms with van der Waals surface area (Å²) < 4.78 is 17.2. The maximum atomic E-state index is 12.7. The monoisotopic (exact) mass is 504 g/mol. The van der Waals surface area contributed by atoms with Crippen molar-refractivity contribution in [1.82, 2.24) is 4.98 Å². The van der Waals surface area contributed by atoms with Crippen molar-refractivity contribution < 1.29 is 23.7 Å². The quantitative estimate of drug-likeness (QED) is 0.453. The molecular weight excluding hydrogens is 471 g/mol. The van der Waals surface area contributed by atoms with E-state index in [9.17, 15) is 19.1 Å². The fourth-order valence-electron chi connectivity index (χ4n) is 7.29. The van der Waals surface area contributed by atoms with E-state index in [2.05, 4.69) is 41.5 Å². The van der Waals surface area contributed by atoms with Gasteiger partial charge in [-0.05, 0) is 85.7 Å². The lowest BCUT2D eigenvalue weighted by molar-refractivity contribution is -0.116. The third-order valence-corrected chi connectivity index (χ3v) is 9.93. The molecule has 3 N–H and O–H groups in total. The van der Waals surface area contributed by atoms with Crippen molar-refractivity contribution in [2.24, 2.45) is 23.2 Å². The van der Waals surface area contributed by atoms with Crippen LogP contribution in [0.15, 0.2) is 30.5 Å². The molecule has 2 aromatic rings. The highest BCUT2D eigenvalue weighted by Gasteiger charge is 2.60. The van der Waals surface area contributed by atoms with Crippen molar-refractivity contribution >= 4 is 30.2 Å². The number of carbonyl (C=O) groups excluding carboxylic acids is 1. The van der Waals surface area contributed by atoms with Gasteiger partial charge in [0.25, 0.3) is 0 Å². The lowest BCUT2D eigenvalue weighted by atomic mass is 9.54. The fraction of sp³-hybridized carbons (Fsp3) is 0.600. The largest absolute Gasteiger partial charge is 0.469 e. The Labute approximate surface area is 204 Å². The number of aryl methyl sites for hydroxylation is 2. The zero-order valence-electron chi connectivity index (χ0n) is 19.6. The van der Waals surface area contributed by atoms with Crippen molar-refractivity contribution in [3.05, 3.63) is 46.5 Å². The fourth-order valence-corrected chi connectivity index (χ4v) is 8.63. The van der Waals surface area contributed by atoms with E-state index in [4.69, 9.17) is 4.52 Å². The predicted molar refractivity (Wildman–Crippen MR) is 132 cm³/mol. The SMILES string of the molecule is Cc1cnc(NC(=O)CC[C@@H]2C[C@H](OP(=O)(O)O)[C@@]3(C)CCC4c5ccccc5CCC4C23)s1. The van der Waals surface area contributed by atoms with Crippen LogP contribution < -0.4 is 5.32 Å². The number of hydrogen-bond acceptors (Lipinski definition) is 5.